The molecule has 3 amide bonds. The summed E-state index contributed by atoms with van der Waals surface area (Å²) in [6.45, 7) is 4.65. The molecule has 0 radical (unpaired) electrons. The van der Waals surface area contributed by atoms with Crippen molar-refractivity contribution in [3.63, 3.8) is 0 Å². The fourth-order valence-corrected chi connectivity index (χ4v) is 2.64. The molecule has 1 aliphatic rings. The first-order valence-electron chi connectivity index (χ1n) is 8.17. The van der Waals surface area contributed by atoms with Crippen LogP contribution in [0.5, 0.6) is 0 Å². The molecule has 0 spiro atoms. The fraction of sp³-hybridized carbons (Fsp3) is 0.529. The Morgan fingerprint density at radius 2 is 2.00 bits per heavy atom. The number of anilines is 1. The Balaban J connectivity index is 1.86. The highest BCUT2D eigenvalue weighted by atomic mass is 16.2. The number of carbonyl (C=O) groups is 2. The number of rotatable bonds is 6. The lowest BCUT2D eigenvalue weighted by Crippen LogP contribution is -2.34. The van der Waals surface area contributed by atoms with Gasteiger partial charge in [-0.1, -0.05) is 19.1 Å². The molecule has 6 heteroatoms. The zero-order chi connectivity index (χ0) is 16.7. The number of hydrogen-bond donors (Lipinski definition) is 3. The summed E-state index contributed by atoms with van der Waals surface area (Å²) in [7, 11) is 1.83. The number of amides is 3. The molecule has 0 saturated carbocycles. The van der Waals surface area contributed by atoms with E-state index in [9.17, 15) is 9.59 Å². The van der Waals surface area contributed by atoms with E-state index in [1.54, 1.807) is 0 Å². The van der Waals surface area contributed by atoms with Crippen LogP contribution in [-0.4, -0.2) is 43.5 Å². The first-order chi connectivity index (χ1) is 11.1. The molecule has 1 atom stereocenters. The minimum atomic E-state index is -0.0712. The van der Waals surface area contributed by atoms with Crippen LogP contribution in [0, 0.1) is 5.92 Å². The predicted octanol–water partition coefficient (Wildman–Crippen LogP) is 1.79. The highest BCUT2D eigenvalue weighted by Gasteiger charge is 2.17. The van der Waals surface area contributed by atoms with E-state index in [1.165, 1.54) is 0 Å². The largest absolute Gasteiger partial charge is 0.352 e. The molecule has 1 unspecified atom stereocenters. The maximum absolute atomic E-state index is 12.1. The lowest BCUT2D eigenvalue weighted by molar-refractivity contribution is -0.124. The summed E-state index contributed by atoms with van der Waals surface area (Å²) in [5.41, 5.74) is 1.73. The molecule has 0 bridgehead atoms. The van der Waals surface area contributed by atoms with Crippen LogP contribution in [0.15, 0.2) is 24.3 Å². The van der Waals surface area contributed by atoms with Gasteiger partial charge in [0.2, 0.25) is 5.91 Å². The van der Waals surface area contributed by atoms with Gasteiger partial charge < -0.3 is 20.9 Å². The van der Waals surface area contributed by atoms with Gasteiger partial charge in [-0.25, -0.2) is 4.79 Å². The van der Waals surface area contributed by atoms with Gasteiger partial charge in [0.15, 0.2) is 0 Å². The number of nitrogens with zero attached hydrogens (tertiary/aromatic N) is 1. The van der Waals surface area contributed by atoms with Crippen LogP contribution in [0.1, 0.15) is 25.3 Å². The van der Waals surface area contributed by atoms with Crippen molar-refractivity contribution in [3.8, 4) is 0 Å². The lowest BCUT2D eigenvalue weighted by Gasteiger charge is -2.17. The molecular formula is C17H26N4O2. The Morgan fingerprint density at radius 3 is 2.70 bits per heavy atom. The second-order valence-corrected chi connectivity index (χ2v) is 6.00. The summed E-state index contributed by atoms with van der Waals surface area (Å²) in [6, 6.07) is 7.54. The molecule has 2 rings (SSSR count). The molecule has 126 valence electrons. The lowest BCUT2D eigenvalue weighted by atomic mass is 10.1. The summed E-state index contributed by atoms with van der Waals surface area (Å²) in [6.07, 6.45) is 2.15. The molecule has 0 aliphatic carbocycles. The van der Waals surface area contributed by atoms with Crippen LogP contribution in [0.3, 0.4) is 0 Å². The Kier molecular flexibility index (Phi) is 6.40. The normalized spacial score (nSPS) is 15.3. The number of benzene rings is 1. The third-order valence-corrected chi connectivity index (χ3v) is 4.00. The van der Waals surface area contributed by atoms with E-state index in [-0.39, 0.29) is 17.9 Å². The van der Waals surface area contributed by atoms with Crippen LogP contribution < -0.4 is 16.0 Å². The zero-order valence-corrected chi connectivity index (χ0v) is 13.9. The Labute approximate surface area is 137 Å². The highest BCUT2D eigenvalue weighted by Crippen LogP contribution is 2.14. The number of nitrogens with one attached hydrogen (secondary N) is 3. The van der Waals surface area contributed by atoms with Gasteiger partial charge in [0, 0.05) is 37.8 Å². The van der Waals surface area contributed by atoms with E-state index in [2.05, 4.69) is 16.0 Å². The predicted molar refractivity (Wildman–Crippen MR) is 91.2 cm³/mol. The van der Waals surface area contributed by atoms with Crippen molar-refractivity contribution in [1.29, 1.82) is 0 Å². The van der Waals surface area contributed by atoms with E-state index >= 15 is 0 Å². The first kappa shape index (κ1) is 17.3. The quantitative estimate of drug-likeness (QED) is 0.748. The third-order valence-electron chi connectivity index (χ3n) is 4.00. The molecule has 1 aromatic carbocycles. The summed E-state index contributed by atoms with van der Waals surface area (Å²) in [5, 5.41) is 8.83. The van der Waals surface area contributed by atoms with Gasteiger partial charge in [-0.05, 0) is 37.6 Å². The van der Waals surface area contributed by atoms with Gasteiger partial charge in [-0.2, -0.15) is 0 Å². The summed E-state index contributed by atoms with van der Waals surface area (Å²) >= 11 is 0. The van der Waals surface area contributed by atoms with Gasteiger partial charge in [0.05, 0.1) is 0 Å². The summed E-state index contributed by atoms with van der Waals surface area (Å²) in [5.74, 6) is -0.0519. The van der Waals surface area contributed by atoms with E-state index < -0.39 is 0 Å². The van der Waals surface area contributed by atoms with E-state index in [4.69, 9.17) is 0 Å². The van der Waals surface area contributed by atoms with Crippen LogP contribution in [0.2, 0.25) is 0 Å². The minimum absolute atomic E-state index is 0.0193. The molecule has 0 aromatic heterocycles. The Hall–Kier alpha value is -2.08. The molecule has 1 heterocycles. The van der Waals surface area contributed by atoms with E-state index in [0.29, 0.717) is 13.1 Å². The average molecular weight is 318 g/mol. The summed E-state index contributed by atoms with van der Waals surface area (Å²) in [4.78, 5) is 25.8. The second kappa shape index (κ2) is 8.53. The van der Waals surface area contributed by atoms with Gasteiger partial charge >= 0.3 is 6.03 Å². The topological polar surface area (TPSA) is 73.5 Å². The van der Waals surface area contributed by atoms with Crippen molar-refractivity contribution in [2.45, 2.75) is 26.3 Å². The van der Waals surface area contributed by atoms with Crippen LogP contribution in [0.25, 0.3) is 0 Å². The molecule has 3 N–H and O–H groups in total. The molecule has 6 nitrogen and oxygen atoms in total. The highest BCUT2D eigenvalue weighted by molar-refractivity contribution is 5.89. The number of hydrogen-bond acceptors (Lipinski definition) is 3. The number of carbonyl (C=O) groups excluding carboxylic acids is 2. The fourth-order valence-electron chi connectivity index (χ4n) is 2.64. The van der Waals surface area contributed by atoms with Gasteiger partial charge in [0.25, 0.3) is 0 Å². The van der Waals surface area contributed by atoms with Crippen LogP contribution in [-0.2, 0) is 11.3 Å². The van der Waals surface area contributed by atoms with Crippen LogP contribution in [0.4, 0.5) is 10.5 Å². The van der Waals surface area contributed by atoms with Crippen molar-refractivity contribution >= 4 is 17.6 Å². The molecular weight excluding hydrogens is 292 g/mol. The van der Waals surface area contributed by atoms with Crippen LogP contribution >= 0.6 is 0 Å². The third kappa shape index (κ3) is 5.25. The zero-order valence-electron chi connectivity index (χ0n) is 13.9. The molecule has 1 aliphatic heterocycles. The monoisotopic (exact) mass is 318 g/mol. The molecule has 1 fully saturated rings. The molecule has 1 aromatic rings. The van der Waals surface area contributed by atoms with Gasteiger partial charge in [0.1, 0.15) is 0 Å². The van der Waals surface area contributed by atoms with Gasteiger partial charge in [-0.15, -0.1) is 0 Å². The van der Waals surface area contributed by atoms with Crippen molar-refractivity contribution in [3.05, 3.63) is 29.8 Å². The first-order valence-corrected chi connectivity index (χ1v) is 8.17. The smallest absolute Gasteiger partial charge is 0.321 e. The molecule has 1 saturated heterocycles. The van der Waals surface area contributed by atoms with E-state index in [0.717, 1.165) is 37.2 Å². The molecule has 23 heavy (non-hydrogen) atoms. The van der Waals surface area contributed by atoms with E-state index in [1.807, 2.05) is 43.1 Å². The second-order valence-electron chi connectivity index (χ2n) is 6.00. The average Bonchev–Trinajstić information content (AvgIpc) is 3.08. The van der Waals surface area contributed by atoms with Crippen molar-refractivity contribution < 1.29 is 9.59 Å². The number of likely N-dealkylation sites (tertiary alicyclic amines) is 1. The standard InChI is InChI=1S/C17H26N4O2/c1-13(11-18-2)16(22)19-12-14-6-5-7-15(10-14)20-17(23)21-8-3-4-9-21/h5-7,10,13,18H,3-4,8-9,11-12H2,1-2H3,(H,19,22)(H,20,23). The number of urea groups is 1. The minimum Gasteiger partial charge on any atom is -0.352 e. The van der Waals surface area contributed by atoms with Gasteiger partial charge in [-0.3, -0.25) is 4.79 Å². The maximum atomic E-state index is 12.1. The maximum Gasteiger partial charge on any atom is 0.321 e. The Bertz CT molecular complexity index is 541. The van der Waals surface area contributed by atoms with Crippen molar-refractivity contribution in [1.82, 2.24) is 15.5 Å². The summed E-state index contributed by atoms with van der Waals surface area (Å²) < 4.78 is 0. The van der Waals surface area contributed by atoms with Crippen molar-refractivity contribution in [2.24, 2.45) is 5.92 Å². The van der Waals surface area contributed by atoms with Crippen molar-refractivity contribution in [2.75, 3.05) is 32.0 Å². The SMILES string of the molecule is CNCC(C)C(=O)NCc1cccc(NC(=O)N2CCCC2)c1. The Morgan fingerprint density at radius 1 is 1.26 bits per heavy atom.